The maximum atomic E-state index is 12.2. The molecule has 1 N–H and O–H groups in total. The molecular formula is C18H15BrN2O2S2. The van der Waals surface area contributed by atoms with Gasteiger partial charge in [0, 0.05) is 15.1 Å². The highest BCUT2D eigenvalue weighted by atomic mass is 79.9. The topological polar surface area (TPSA) is 51.2 Å². The molecule has 128 valence electrons. The number of ether oxygens (including phenoxy) is 1. The Hall–Kier alpha value is -1.83. The quantitative estimate of drug-likeness (QED) is 0.483. The Morgan fingerprint density at radius 2 is 1.92 bits per heavy atom. The van der Waals surface area contributed by atoms with Gasteiger partial charge in [-0.1, -0.05) is 57.2 Å². The van der Waals surface area contributed by atoms with Crippen LogP contribution in [-0.2, 0) is 4.74 Å². The summed E-state index contributed by atoms with van der Waals surface area (Å²) in [6, 6.07) is 17.7. The van der Waals surface area contributed by atoms with Crippen LogP contribution in [0.3, 0.4) is 0 Å². The third-order valence-electron chi connectivity index (χ3n) is 3.11. The lowest BCUT2D eigenvalue weighted by molar-refractivity contribution is 0.0516. The molecule has 0 unspecified atom stereocenters. The Bertz CT molecular complexity index is 851. The zero-order valence-electron chi connectivity index (χ0n) is 13.4. The number of hydrogen-bond donors (Lipinski definition) is 1. The zero-order chi connectivity index (χ0) is 17.6. The van der Waals surface area contributed by atoms with Gasteiger partial charge in [0.05, 0.1) is 6.61 Å². The SMILES string of the molecule is CCOC(=O)c1nc(Nc2ccc(Br)cc2)sc1Sc1ccccc1. The molecule has 4 nitrogen and oxygen atoms in total. The summed E-state index contributed by atoms with van der Waals surface area (Å²) in [6.45, 7) is 2.11. The molecule has 1 heterocycles. The van der Waals surface area contributed by atoms with Gasteiger partial charge in [-0.05, 0) is 43.3 Å². The van der Waals surface area contributed by atoms with Crippen molar-refractivity contribution < 1.29 is 9.53 Å². The van der Waals surface area contributed by atoms with E-state index < -0.39 is 5.97 Å². The normalized spacial score (nSPS) is 10.5. The molecule has 0 spiro atoms. The smallest absolute Gasteiger partial charge is 0.359 e. The third kappa shape index (κ3) is 4.84. The highest BCUT2D eigenvalue weighted by Gasteiger charge is 2.20. The first-order chi connectivity index (χ1) is 12.2. The van der Waals surface area contributed by atoms with E-state index in [0.29, 0.717) is 17.4 Å². The van der Waals surface area contributed by atoms with Crippen LogP contribution in [-0.4, -0.2) is 17.6 Å². The van der Waals surface area contributed by atoms with E-state index in [1.165, 1.54) is 23.1 Å². The molecule has 0 bridgehead atoms. The summed E-state index contributed by atoms with van der Waals surface area (Å²) in [6.07, 6.45) is 0. The number of halogens is 1. The highest BCUT2D eigenvalue weighted by molar-refractivity contribution is 9.10. The van der Waals surface area contributed by atoms with Crippen molar-refractivity contribution in [2.24, 2.45) is 0 Å². The lowest BCUT2D eigenvalue weighted by atomic mass is 10.3. The Kier molecular flexibility index (Phi) is 6.12. The summed E-state index contributed by atoms with van der Waals surface area (Å²) in [5, 5.41) is 3.90. The van der Waals surface area contributed by atoms with Gasteiger partial charge in [-0.3, -0.25) is 0 Å². The van der Waals surface area contributed by atoms with Crippen molar-refractivity contribution in [3.63, 3.8) is 0 Å². The summed E-state index contributed by atoms with van der Waals surface area (Å²) < 4.78 is 6.96. The number of nitrogens with one attached hydrogen (secondary N) is 1. The average Bonchev–Trinajstić information content (AvgIpc) is 3.00. The summed E-state index contributed by atoms with van der Waals surface area (Å²) in [5.41, 5.74) is 1.25. The maximum absolute atomic E-state index is 12.2. The maximum Gasteiger partial charge on any atom is 0.359 e. The number of hydrogen-bond acceptors (Lipinski definition) is 6. The van der Waals surface area contributed by atoms with Crippen molar-refractivity contribution in [2.75, 3.05) is 11.9 Å². The monoisotopic (exact) mass is 434 g/mol. The second-order valence-electron chi connectivity index (χ2n) is 4.92. The number of aromatic nitrogens is 1. The van der Waals surface area contributed by atoms with Crippen molar-refractivity contribution >= 4 is 55.8 Å². The predicted octanol–water partition coefficient (Wildman–Crippen LogP) is 5.98. The van der Waals surface area contributed by atoms with Gasteiger partial charge >= 0.3 is 5.97 Å². The first kappa shape index (κ1) is 18.0. The molecule has 0 amide bonds. The van der Waals surface area contributed by atoms with Crippen molar-refractivity contribution in [3.8, 4) is 0 Å². The van der Waals surface area contributed by atoms with Crippen LogP contribution in [0.1, 0.15) is 17.4 Å². The Balaban J connectivity index is 1.87. The standard InChI is InChI=1S/C18H15BrN2O2S2/c1-2-23-16(22)15-17(24-14-6-4-3-5-7-14)25-18(21-15)20-13-10-8-12(19)9-11-13/h3-11H,2H2,1H3,(H,20,21). The first-order valence-corrected chi connectivity index (χ1v) is 10.0. The van der Waals surface area contributed by atoms with Crippen LogP contribution >= 0.6 is 39.0 Å². The van der Waals surface area contributed by atoms with E-state index in [4.69, 9.17) is 4.74 Å². The molecule has 0 fully saturated rings. The number of anilines is 2. The van der Waals surface area contributed by atoms with Crippen molar-refractivity contribution in [2.45, 2.75) is 16.0 Å². The molecule has 3 rings (SSSR count). The summed E-state index contributed by atoms with van der Waals surface area (Å²) in [4.78, 5) is 17.7. The molecule has 2 aromatic carbocycles. The second kappa shape index (κ2) is 8.51. The number of carbonyl (C=O) groups is 1. The third-order valence-corrected chi connectivity index (χ3v) is 5.79. The summed E-state index contributed by atoms with van der Waals surface area (Å²) >= 11 is 6.36. The molecular weight excluding hydrogens is 420 g/mol. The number of nitrogens with zero attached hydrogens (tertiary/aromatic N) is 1. The molecule has 0 saturated heterocycles. The molecule has 1 aromatic heterocycles. The van der Waals surface area contributed by atoms with Gasteiger partial charge < -0.3 is 10.1 Å². The van der Waals surface area contributed by atoms with E-state index in [9.17, 15) is 4.79 Å². The largest absolute Gasteiger partial charge is 0.461 e. The van der Waals surface area contributed by atoms with E-state index in [2.05, 4.69) is 26.2 Å². The molecule has 0 aliphatic rings. The minimum Gasteiger partial charge on any atom is -0.461 e. The molecule has 0 aliphatic heterocycles. The molecule has 0 atom stereocenters. The van der Waals surface area contributed by atoms with Crippen LogP contribution in [0.15, 0.2) is 68.2 Å². The molecule has 25 heavy (non-hydrogen) atoms. The molecule has 0 radical (unpaired) electrons. The summed E-state index contributed by atoms with van der Waals surface area (Å²) in [5.74, 6) is -0.402. The van der Waals surface area contributed by atoms with E-state index in [1.807, 2.05) is 54.6 Å². The van der Waals surface area contributed by atoms with Gasteiger partial charge in [-0.15, -0.1) is 0 Å². The predicted molar refractivity (Wildman–Crippen MR) is 106 cm³/mol. The molecule has 0 aliphatic carbocycles. The van der Waals surface area contributed by atoms with E-state index in [0.717, 1.165) is 19.3 Å². The highest BCUT2D eigenvalue weighted by Crippen LogP contribution is 2.38. The van der Waals surface area contributed by atoms with Crippen LogP contribution in [0.5, 0.6) is 0 Å². The van der Waals surface area contributed by atoms with E-state index in [1.54, 1.807) is 6.92 Å². The van der Waals surface area contributed by atoms with E-state index in [-0.39, 0.29) is 0 Å². The molecule has 7 heteroatoms. The number of benzene rings is 2. The van der Waals surface area contributed by atoms with Crippen LogP contribution in [0.4, 0.5) is 10.8 Å². The number of thiazole rings is 1. The van der Waals surface area contributed by atoms with Gasteiger partial charge in [-0.2, -0.15) is 0 Å². The van der Waals surface area contributed by atoms with Crippen LogP contribution in [0, 0.1) is 0 Å². The number of esters is 1. The van der Waals surface area contributed by atoms with Crippen LogP contribution < -0.4 is 5.32 Å². The van der Waals surface area contributed by atoms with Crippen molar-refractivity contribution in [1.82, 2.24) is 4.98 Å². The van der Waals surface area contributed by atoms with Gasteiger partial charge in [-0.25, -0.2) is 9.78 Å². The lowest BCUT2D eigenvalue weighted by Crippen LogP contribution is -2.06. The van der Waals surface area contributed by atoms with Gasteiger partial charge in [0.2, 0.25) is 0 Å². The number of rotatable bonds is 6. The van der Waals surface area contributed by atoms with Crippen molar-refractivity contribution in [1.29, 1.82) is 0 Å². The van der Waals surface area contributed by atoms with Gasteiger partial charge in [0.15, 0.2) is 10.8 Å². The Morgan fingerprint density at radius 3 is 2.60 bits per heavy atom. The Morgan fingerprint density at radius 1 is 1.20 bits per heavy atom. The molecule has 3 aromatic rings. The minimum absolute atomic E-state index is 0.321. The van der Waals surface area contributed by atoms with Crippen molar-refractivity contribution in [3.05, 3.63) is 64.8 Å². The average molecular weight is 435 g/mol. The Labute approximate surface area is 162 Å². The lowest BCUT2D eigenvalue weighted by Gasteiger charge is -2.02. The molecule has 0 saturated carbocycles. The van der Waals surface area contributed by atoms with Gasteiger partial charge in [0.1, 0.15) is 4.21 Å². The number of carbonyl (C=O) groups excluding carboxylic acids is 1. The zero-order valence-corrected chi connectivity index (χ0v) is 16.6. The van der Waals surface area contributed by atoms with Gasteiger partial charge in [0.25, 0.3) is 0 Å². The van der Waals surface area contributed by atoms with Crippen LogP contribution in [0.2, 0.25) is 0 Å². The van der Waals surface area contributed by atoms with E-state index >= 15 is 0 Å². The summed E-state index contributed by atoms with van der Waals surface area (Å²) in [7, 11) is 0. The fraction of sp³-hybridized carbons (Fsp3) is 0.111. The fourth-order valence-corrected chi connectivity index (χ4v) is 4.41. The first-order valence-electron chi connectivity index (χ1n) is 7.59. The van der Waals surface area contributed by atoms with Crippen LogP contribution in [0.25, 0.3) is 0 Å². The fourth-order valence-electron chi connectivity index (χ4n) is 2.01. The second-order valence-corrected chi connectivity index (χ2v) is 8.18. The minimum atomic E-state index is -0.402.